The van der Waals surface area contributed by atoms with Crippen molar-refractivity contribution in [2.75, 3.05) is 38.3 Å². The van der Waals surface area contributed by atoms with Gasteiger partial charge in [-0.3, -0.25) is 9.59 Å². The summed E-state index contributed by atoms with van der Waals surface area (Å²) in [6, 6.07) is 0. The van der Waals surface area contributed by atoms with Gasteiger partial charge in [0.05, 0.1) is 32.1 Å². The first-order chi connectivity index (χ1) is 16.5. The smallest absolute Gasteiger partial charge is 0.246 e. The van der Waals surface area contributed by atoms with Crippen LogP contribution in [0.3, 0.4) is 0 Å². The molecule has 0 spiro atoms. The fourth-order valence-electron chi connectivity index (χ4n) is 4.39. The minimum absolute atomic E-state index is 0.0247. The molecule has 4 rings (SSSR count). The van der Waals surface area contributed by atoms with Crippen LogP contribution in [0.15, 0.2) is 0 Å². The van der Waals surface area contributed by atoms with Gasteiger partial charge in [-0.2, -0.15) is 0 Å². The van der Waals surface area contributed by atoms with Gasteiger partial charge >= 0.3 is 0 Å². The molecular formula is C22H31IN5O5P. The number of ether oxygens (including phenoxy) is 3. The number of rotatable bonds is 11. The zero-order valence-electron chi connectivity index (χ0n) is 19.8. The van der Waals surface area contributed by atoms with E-state index in [4.69, 9.17) is 14.2 Å². The van der Waals surface area contributed by atoms with Crippen LogP contribution in [0.5, 0.6) is 5.88 Å². The standard InChI is InChI=1S/C22H31IN5O5P/c1-4-6-8-14(17(30)22(9-7-5-2)32-12-13-33-22)16(29)18-24-19-15-20(25-18)28(34-23)26-21(15)31-11-10-27(19)3/h14,34H,4-13H2,1-3H3. The van der Waals surface area contributed by atoms with Gasteiger partial charge in [0.2, 0.25) is 29.1 Å². The molecule has 1 saturated heterocycles. The van der Waals surface area contributed by atoms with Crippen molar-refractivity contribution < 1.29 is 23.8 Å². The quantitative estimate of drug-likeness (QED) is 0.163. The number of nitrogens with zero attached hydrogens (tertiary/aromatic N) is 5. The molecule has 2 unspecified atom stereocenters. The monoisotopic (exact) mass is 603 g/mol. The molecule has 0 aromatic carbocycles. The molecule has 0 saturated carbocycles. The number of hydrogen-bond acceptors (Lipinski definition) is 9. The van der Waals surface area contributed by atoms with Crippen LogP contribution in [0.1, 0.15) is 63.0 Å². The second kappa shape index (κ2) is 11.1. The minimum atomic E-state index is -1.36. The summed E-state index contributed by atoms with van der Waals surface area (Å²) in [7, 11) is 1.90. The lowest BCUT2D eigenvalue weighted by molar-refractivity contribution is -0.186. The number of unbranched alkanes of at least 4 members (excludes halogenated alkanes) is 2. The Balaban J connectivity index is 1.76. The Morgan fingerprint density at radius 1 is 1.15 bits per heavy atom. The van der Waals surface area contributed by atoms with Crippen LogP contribution in [-0.2, 0) is 14.3 Å². The number of anilines is 1. The highest BCUT2D eigenvalue weighted by atomic mass is 127. The highest BCUT2D eigenvalue weighted by Crippen LogP contribution is 2.39. The second-order valence-electron chi connectivity index (χ2n) is 8.62. The van der Waals surface area contributed by atoms with Gasteiger partial charge < -0.3 is 19.1 Å². The maximum absolute atomic E-state index is 13.9. The van der Waals surface area contributed by atoms with E-state index < -0.39 is 17.5 Å². The molecule has 4 heterocycles. The van der Waals surface area contributed by atoms with Gasteiger partial charge in [0.25, 0.3) is 0 Å². The molecule has 2 atom stereocenters. The number of ketones is 2. The third kappa shape index (κ3) is 4.81. The molecule has 0 radical (unpaired) electrons. The average molecular weight is 603 g/mol. The summed E-state index contributed by atoms with van der Waals surface area (Å²) >= 11 is 2.22. The van der Waals surface area contributed by atoms with Crippen LogP contribution in [0.2, 0.25) is 0 Å². The highest BCUT2D eigenvalue weighted by molar-refractivity contribution is 14.2. The van der Waals surface area contributed by atoms with Crippen LogP contribution in [-0.4, -0.2) is 70.3 Å². The second-order valence-corrected chi connectivity index (χ2v) is 10.7. The van der Waals surface area contributed by atoms with Gasteiger partial charge in [0.15, 0.2) is 5.65 Å². The number of hydrogen-bond donors (Lipinski definition) is 0. The summed E-state index contributed by atoms with van der Waals surface area (Å²) < 4.78 is 19.2. The average Bonchev–Trinajstić information content (AvgIpc) is 3.43. The number of halogens is 1. The number of aromatic nitrogens is 4. The predicted molar refractivity (Wildman–Crippen MR) is 138 cm³/mol. The third-order valence-corrected chi connectivity index (χ3v) is 8.11. The fraction of sp³-hybridized carbons (Fsp3) is 0.682. The fourth-order valence-corrected chi connectivity index (χ4v) is 5.77. The normalized spacial score (nSPS) is 18.4. The summed E-state index contributed by atoms with van der Waals surface area (Å²) in [5.74, 6) is -1.89. The molecule has 0 bridgehead atoms. The third-order valence-electron chi connectivity index (χ3n) is 6.27. The maximum Gasteiger partial charge on any atom is 0.246 e. The summed E-state index contributed by atoms with van der Waals surface area (Å²) in [4.78, 5) is 38.8. The molecule has 2 aliphatic heterocycles. The number of carbonyl (C=O) groups excluding carboxylic acids is 2. The molecule has 10 nitrogen and oxygen atoms in total. The molecule has 0 amide bonds. The lowest BCUT2D eigenvalue weighted by Gasteiger charge is -2.29. The lowest BCUT2D eigenvalue weighted by Crippen LogP contribution is -2.46. The number of carbonyl (C=O) groups is 2. The van der Waals surface area contributed by atoms with Gasteiger partial charge in [-0.05, 0) is 34.9 Å². The van der Waals surface area contributed by atoms with Gasteiger partial charge in [-0.25, -0.2) is 14.4 Å². The van der Waals surface area contributed by atoms with E-state index in [2.05, 4.69) is 44.0 Å². The first kappa shape index (κ1) is 25.7. The van der Waals surface area contributed by atoms with Crippen LogP contribution in [0.4, 0.5) is 5.82 Å². The molecule has 1 fully saturated rings. The van der Waals surface area contributed by atoms with Crippen molar-refractivity contribution in [1.29, 1.82) is 0 Å². The first-order valence-electron chi connectivity index (χ1n) is 11.8. The SMILES string of the molecule is CCCCC(C(=O)c1nc2c3c(nn(PI)c3n1)OCCN2C)C(=O)C1(CCCC)OCCO1. The van der Waals surface area contributed by atoms with Crippen LogP contribution < -0.4 is 9.64 Å². The van der Waals surface area contributed by atoms with Crippen LogP contribution in [0.25, 0.3) is 11.0 Å². The first-order valence-corrected chi connectivity index (χ1v) is 15.9. The molecule has 2 aliphatic rings. The van der Waals surface area contributed by atoms with Crippen molar-refractivity contribution in [3.05, 3.63) is 5.82 Å². The molecule has 0 aliphatic carbocycles. The van der Waals surface area contributed by atoms with Gasteiger partial charge in [0, 0.05) is 13.5 Å². The largest absolute Gasteiger partial charge is 0.474 e. The van der Waals surface area contributed by atoms with Crippen molar-refractivity contribution in [1.82, 2.24) is 19.5 Å². The highest BCUT2D eigenvalue weighted by Gasteiger charge is 2.49. The summed E-state index contributed by atoms with van der Waals surface area (Å²) in [5.41, 5.74) is 0.542. The van der Waals surface area contributed by atoms with Crippen molar-refractivity contribution in [2.45, 2.75) is 58.2 Å². The van der Waals surface area contributed by atoms with E-state index in [9.17, 15) is 9.59 Å². The minimum Gasteiger partial charge on any atom is -0.474 e. The number of likely N-dealkylation sites (N-methyl/N-ethyl adjacent to an activating group) is 1. The number of Topliss-reactive ketones (excluding diaryl/α,β-unsaturated/α-hetero) is 2. The maximum atomic E-state index is 13.9. The Morgan fingerprint density at radius 3 is 2.56 bits per heavy atom. The van der Waals surface area contributed by atoms with Crippen molar-refractivity contribution in [3.8, 4) is 5.88 Å². The Labute approximate surface area is 213 Å². The van der Waals surface area contributed by atoms with Gasteiger partial charge in [-0.15, -0.1) is 5.10 Å². The van der Waals surface area contributed by atoms with Crippen LogP contribution >= 0.6 is 28.4 Å². The Kier molecular flexibility index (Phi) is 8.37. The molecule has 2 aromatic rings. The summed E-state index contributed by atoms with van der Waals surface area (Å²) in [6.07, 6.45) is 4.38. The predicted octanol–water partition coefficient (Wildman–Crippen LogP) is 3.94. The van der Waals surface area contributed by atoms with Crippen molar-refractivity contribution >= 4 is 56.8 Å². The lowest BCUT2D eigenvalue weighted by atomic mass is 9.86. The van der Waals surface area contributed by atoms with Crippen molar-refractivity contribution in [2.24, 2.45) is 5.92 Å². The Morgan fingerprint density at radius 2 is 1.88 bits per heavy atom. The Bertz CT molecular complexity index is 1060. The van der Waals surface area contributed by atoms with E-state index in [1.54, 1.807) is 4.45 Å². The summed E-state index contributed by atoms with van der Waals surface area (Å²) in [5, 5.41) is 5.22. The van der Waals surface area contributed by atoms with E-state index in [0.29, 0.717) is 61.9 Å². The molecule has 0 N–H and O–H groups in total. The zero-order valence-corrected chi connectivity index (χ0v) is 23.0. The molecule has 186 valence electrons. The van der Waals surface area contributed by atoms with E-state index in [1.807, 2.05) is 18.9 Å². The van der Waals surface area contributed by atoms with E-state index in [1.165, 1.54) is 0 Å². The zero-order chi connectivity index (χ0) is 24.3. The van der Waals surface area contributed by atoms with Crippen molar-refractivity contribution in [3.63, 3.8) is 0 Å². The van der Waals surface area contributed by atoms with E-state index in [0.717, 1.165) is 25.7 Å². The Hall–Kier alpha value is -1.43. The van der Waals surface area contributed by atoms with Gasteiger partial charge in [0.1, 0.15) is 17.8 Å². The molecule has 34 heavy (non-hydrogen) atoms. The van der Waals surface area contributed by atoms with E-state index >= 15 is 0 Å². The molecular weight excluding hydrogens is 572 g/mol. The summed E-state index contributed by atoms with van der Waals surface area (Å²) in [6.45, 7) is 5.84. The molecule has 2 aromatic heterocycles. The van der Waals surface area contributed by atoms with Crippen LogP contribution in [0, 0.1) is 5.92 Å². The van der Waals surface area contributed by atoms with E-state index in [-0.39, 0.29) is 18.0 Å². The van der Waals surface area contributed by atoms with Gasteiger partial charge in [-0.1, -0.05) is 33.1 Å². The topological polar surface area (TPSA) is 109 Å². The molecule has 12 heteroatoms.